The summed E-state index contributed by atoms with van der Waals surface area (Å²) in [6, 6.07) is 12.9. The number of carbonyl (C=O) groups excluding carboxylic acids is 1. The first-order valence-corrected chi connectivity index (χ1v) is 12.7. The minimum atomic E-state index is -0.476. The maximum atomic E-state index is 15.2. The maximum absolute atomic E-state index is 15.2. The van der Waals surface area contributed by atoms with E-state index in [0.717, 1.165) is 0 Å². The van der Waals surface area contributed by atoms with Crippen LogP contribution >= 0.6 is 0 Å². The number of halogens is 2. The van der Waals surface area contributed by atoms with E-state index in [1.807, 2.05) is 20.8 Å². The van der Waals surface area contributed by atoms with Crippen molar-refractivity contribution in [3.05, 3.63) is 78.8 Å². The van der Waals surface area contributed by atoms with Crippen molar-refractivity contribution in [1.29, 1.82) is 0 Å². The topological polar surface area (TPSA) is 112 Å². The second-order valence-electron chi connectivity index (χ2n) is 10.8. The first kappa shape index (κ1) is 25.3. The number of rotatable bonds is 5. The highest BCUT2D eigenvalue weighted by molar-refractivity contribution is 5.98. The summed E-state index contributed by atoms with van der Waals surface area (Å²) in [6.45, 7) is 5.94. The number of pyridine rings is 2. The highest BCUT2D eigenvalue weighted by Gasteiger charge is 2.20. The third-order valence-electron chi connectivity index (χ3n) is 6.45. The minimum Gasteiger partial charge on any atom is -0.325 e. The predicted molar refractivity (Wildman–Crippen MR) is 150 cm³/mol. The van der Waals surface area contributed by atoms with Crippen LogP contribution in [0, 0.1) is 17.0 Å². The number of aromatic nitrogens is 6. The second kappa shape index (κ2) is 9.64. The van der Waals surface area contributed by atoms with E-state index in [1.165, 1.54) is 24.5 Å². The van der Waals surface area contributed by atoms with Crippen LogP contribution in [0.15, 0.2) is 67.1 Å². The number of amides is 1. The number of hydrogen-bond acceptors (Lipinski definition) is 5. The van der Waals surface area contributed by atoms with Crippen molar-refractivity contribution in [3.63, 3.8) is 0 Å². The number of anilines is 1. The summed E-state index contributed by atoms with van der Waals surface area (Å²) in [5.41, 5.74) is 3.97. The van der Waals surface area contributed by atoms with E-state index in [0.29, 0.717) is 62.4 Å². The zero-order chi connectivity index (χ0) is 28.0. The van der Waals surface area contributed by atoms with Crippen LogP contribution in [0.3, 0.4) is 0 Å². The Hall–Kier alpha value is -4.99. The highest BCUT2D eigenvalue weighted by Crippen LogP contribution is 2.35. The number of H-pyrrole nitrogens is 2. The Bertz CT molecular complexity index is 1900. The summed E-state index contributed by atoms with van der Waals surface area (Å²) in [6.07, 6.45) is 4.98. The molecule has 0 bridgehead atoms. The Morgan fingerprint density at radius 2 is 1.80 bits per heavy atom. The summed E-state index contributed by atoms with van der Waals surface area (Å²) in [7, 11) is 0. The van der Waals surface area contributed by atoms with Gasteiger partial charge in [0.25, 0.3) is 0 Å². The van der Waals surface area contributed by atoms with Crippen molar-refractivity contribution in [3.8, 4) is 33.8 Å². The molecule has 0 atom stereocenters. The maximum Gasteiger partial charge on any atom is 0.224 e. The molecule has 8 nitrogen and oxygen atoms in total. The lowest BCUT2D eigenvalue weighted by Gasteiger charge is -2.17. The Balaban J connectivity index is 1.40. The summed E-state index contributed by atoms with van der Waals surface area (Å²) in [5.74, 6) is -0.588. The molecule has 10 heteroatoms. The van der Waals surface area contributed by atoms with Gasteiger partial charge >= 0.3 is 0 Å². The average molecular weight is 538 g/mol. The third-order valence-corrected chi connectivity index (χ3v) is 6.45. The molecule has 0 aliphatic carbocycles. The number of hydrogen-bond donors (Lipinski definition) is 3. The number of fused-ring (bicyclic) bond motifs is 2. The Labute approximate surface area is 227 Å². The highest BCUT2D eigenvalue weighted by atomic mass is 19.1. The van der Waals surface area contributed by atoms with Crippen molar-refractivity contribution in [2.45, 2.75) is 27.2 Å². The molecule has 0 fully saturated rings. The molecule has 0 saturated heterocycles. The quantitative estimate of drug-likeness (QED) is 0.222. The van der Waals surface area contributed by atoms with Crippen LogP contribution < -0.4 is 5.32 Å². The van der Waals surface area contributed by atoms with Gasteiger partial charge in [0.1, 0.15) is 22.8 Å². The molecule has 4 aromatic heterocycles. The normalized spacial score (nSPS) is 11.8. The fraction of sp³-hybridized carbons (Fsp3) is 0.167. The fourth-order valence-electron chi connectivity index (χ4n) is 4.70. The van der Waals surface area contributed by atoms with Gasteiger partial charge in [-0.05, 0) is 29.7 Å². The van der Waals surface area contributed by atoms with E-state index in [1.54, 1.807) is 42.6 Å². The summed E-state index contributed by atoms with van der Waals surface area (Å²) in [5, 5.41) is 10.7. The molecule has 6 aromatic rings. The molecule has 40 heavy (non-hydrogen) atoms. The first-order chi connectivity index (χ1) is 19.2. The van der Waals surface area contributed by atoms with E-state index in [2.05, 4.69) is 30.5 Å². The molecule has 4 heterocycles. The number of carbonyl (C=O) groups is 1. The molecule has 0 saturated carbocycles. The average Bonchev–Trinajstić information content (AvgIpc) is 3.51. The van der Waals surface area contributed by atoms with E-state index < -0.39 is 5.82 Å². The Kier molecular flexibility index (Phi) is 6.10. The third kappa shape index (κ3) is 4.79. The van der Waals surface area contributed by atoms with Crippen LogP contribution in [-0.2, 0) is 4.79 Å². The lowest BCUT2D eigenvalue weighted by atomic mass is 9.92. The van der Waals surface area contributed by atoms with E-state index in [4.69, 9.17) is 4.98 Å². The van der Waals surface area contributed by atoms with Crippen LogP contribution in [-0.4, -0.2) is 36.0 Å². The molecule has 0 unspecified atom stereocenters. The van der Waals surface area contributed by atoms with Gasteiger partial charge in [-0.15, -0.1) is 0 Å². The van der Waals surface area contributed by atoms with Crippen molar-refractivity contribution >= 4 is 33.7 Å². The van der Waals surface area contributed by atoms with Gasteiger partial charge in [0.15, 0.2) is 11.5 Å². The molecule has 1 amide bonds. The predicted octanol–water partition coefficient (Wildman–Crippen LogP) is 6.88. The molecule has 6 rings (SSSR count). The van der Waals surface area contributed by atoms with Crippen LogP contribution in [0.25, 0.3) is 55.8 Å². The molecular weight excluding hydrogens is 512 g/mol. The van der Waals surface area contributed by atoms with Crippen LogP contribution in [0.2, 0.25) is 0 Å². The van der Waals surface area contributed by atoms with E-state index >= 15 is 4.39 Å². The van der Waals surface area contributed by atoms with Gasteiger partial charge < -0.3 is 10.3 Å². The second-order valence-corrected chi connectivity index (χ2v) is 10.8. The van der Waals surface area contributed by atoms with Gasteiger partial charge in [0.2, 0.25) is 5.91 Å². The van der Waals surface area contributed by atoms with Crippen molar-refractivity contribution < 1.29 is 13.6 Å². The molecule has 0 spiro atoms. The number of imidazole rings is 1. The van der Waals surface area contributed by atoms with E-state index in [-0.39, 0.29) is 22.7 Å². The lowest BCUT2D eigenvalue weighted by Crippen LogP contribution is -2.19. The first-order valence-electron chi connectivity index (χ1n) is 12.7. The Morgan fingerprint density at radius 1 is 0.975 bits per heavy atom. The monoisotopic (exact) mass is 537 g/mol. The van der Waals surface area contributed by atoms with Crippen LogP contribution in [0.1, 0.15) is 27.2 Å². The minimum absolute atomic E-state index is 0.146. The van der Waals surface area contributed by atoms with Gasteiger partial charge in [-0.2, -0.15) is 5.10 Å². The van der Waals surface area contributed by atoms with Gasteiger partial charge in [0.05, 0.1) is 17.4 Å². The standard InChI is InChI=1S/C30H25F2N7O/c1-30(2,3)13-25(40)35-17-10-16(14-33-15-17)20-11-21-24(12-23(20)32)38-39-27(21)29-36-26-19(8-9-34-28(26)37-29)18-6-4-5-7-22(18)31/h4-12,14-15H,13H2,1-3H3,(H,35,40)(H,38,39)(H,34,36,37). The number of aromatic amines is 2. The summed E-state index contributed by atoms with van der Waals surface area (Å²) < 4.78 is 29.8. The fourth-order valence-corrected chi connectivity index (χ4v) is 4.70. The zero-order valence-corrected chi connectivity index (χ0v) is 22.0. The summed E-state index contributed by atoms with van der Waals surface area (Å²) in [4.78, 5) is 28.9. The molecule has 2 aromatic carbocycles. The van der Waals surface area contributed by atoms with Gasteiger partial charge in [0, 0.05) is 52.5 Å². The molecule has 200 valence electrons. The van der Waals surface area contributed by atoms with Gasteiger partial charge in [-0.1, -0.05) is 39.0 Å². The van der Waals surface area contributed by atoms with Gasteiger partial charge in [-0.25, -0.2) is 18.7 Å². The number of nitrogens with zero attached hydrogens (tertiary/aromatic N) is 4. The number of benzene rings is 2. The Morgan fingerprint density at radius 3 is 2.60 bits per heavy atom. The van der Waals surface area contributed by atoms with Crippen molar-refractivity contribution in [2.24, 2.45) is 5.41 Å². The van der Waals surface area contributed by atoms with Crippen LogP contribution in [0.5, 0.6) is 0 Å². The van der Waals surface area contributed by atoms with Crippen LogP contribution in [0.4, 0.5) is 14.5 Å². The number of nitrogens with one attached hydrogen (secondary N) is 3. The van der Waals surface area contributed by atoms with E-state index in [9.17, 15) is 9.18 Å². The van der Waals surface area contributed by atoms with Gasteiger partial charge in [-0.3, -0.25) is 14.9 Å². The largest absolute Gasteiger partial charge is 0.325 e. The smallest absolute Gasteiger partial charge is 0.224 e. The molecule has 0 aliphatic heterocycles. The van der Waals surface area contributed by atoms with Crippen molar-refractivity contribution in [1.82, 2.24) is 30.1 Å². The molecular formula is C30H25F2N7O. The van der Waals surface area contributed by atoms with Crippen molar-refractivity contribution in [2.75, 3.05) is 5.32 Å². The molecule has 0 radical (unpaired) electrons. The lowest BCUT2D eigenvalue weighted by molar-refractivity contribution is -0.117. The SMILES string of the molecule is CC(C)(C)CC(=O)Nc1cncc(-c2cc3c(-c4nc5c(-c6ccccc6F)ccnc5[nH]4)n[nH]c3cc2F)c1. The summed E-state index contributed by atoms with van der Waals surface area (Å²) >= 11 is 0. The molecule has 3 N–H and O–H groups in total. The zero-order valence-electron chi connectivity index (χ0n) is 22.0. The molecule has 0 aliphatic rings.